The van der Waals surface area contributed by atoms with Crippen molar-refractivity contribution >= 4 is 5.97 Å². The quantitative estimate of drug-likeness (QED) is 0.392. The van der Waals surface area contributed by atoms with Crippen LogP contribution >= 0.6 is 0 Å². The van der Waals surface area contributed by atoms with E-state index in [0.29, 0.717) is 17.2 Å². The summed E-state index contributed by atoms with van der Waals surface area (Å²) in [5, 5.41) is 0. The number of hydrogen-bond donors (Lipinski definition) is 0. The Morgan fingerprint density at radius 1 is 1.00 bits per heavy atom. The fraction of sp³-hybridized carbons (Fsp3) is 0.409. The van der Waals surface area contributed by atoms with Crippen molar-refractivity contribution in [1.82, 2.24) is 0 Å². The van der Waals surface area contributed by atoms with E-state index < -0.39 is 0 Å². The SMILES string of the molecule is CCCCCC1COC(c2ccc(C(=O)Oc3ccccc3)cc2)OC1. The van der Waals surface area contributed by atoms with Crippen LogP contribution in [-0.4, -0.2) is 19.2 Å². The molecular weight excluding hydrogens is 328 g/mol. The molecule has 1 aliphatic rings. The van der Waals surface area contributed by atoms with Crippen LogP contribution in [0.15, 0.2) is 54.6 Å². The molecule has 1 aliphatic heterocycles. The molecule has 4 heteroatoms. The van der Waals surface area contributed by atoms with Crippen LogP contribution in [0.3, 0.4) is 0 Å². The van der Waals surface area contributed by atoms with Crippen LogP contribution in [0.25, 0.3) is 0 Å². The molecule has 0 aromatic heterocycles. The Labute approximate surface area is 155 Å². The van der Waals surface area contributed by atoms with Gasteiger partial charge in [0.2, 0.25) is 0 Å². The van der Waals surface area contributed by atoms with Crippen LogP contribution in [0.1, 0.15) is 54.8 Å². The summed E-state index contributed by atoms with van der Waals surface area (Å²) in [6, 6.07) is 16.3. The molecule has 138 valence electrons. The average molecular weight is 354 g/mol. The molecule has 0 radical (unpaired) electrons. The van der Waals surface area contributed by atoms with Crippen molar-refractivity contribution in [2.75, 3.05) is 13.2 Å². The maximum absolute atomic E-state index is 12.2. The third-order valence-electron chi connectivity index (χ3n) is 4.55. The molecule has 4 nitrogen and oxygen atoms in total. The first-order chi connectivity index (χ1) is 12.8. The van der Waals surface area contributed by atoms with Crippen molar-refractivity contribution < 1.29 is 19.0 Å². The van der Waals surface area contributed by atoms with E-state index in [9.17, 15) is 4.79 Å². The van der Waals surface area contributed by atoms with E-state index in [2.05, 4.69) is 6.92 Å². The Kier molecular flexibility index (Phi) is 6.81. The highest BCUT2D eigenvalue weighted by Crippen LogP contribution is 2.27. The number of ether oxygens (including phenoxy) is 3. The van der Waals surface area contributed by atoms with Crippen molar-refractivity contribution in [3.8, 4) is 5.75 Å². The van der Waals surface area contributed by atoms with Crippen LogP contribution in [0.2, 0.25) is 0 Å². The Balaban J connectivity index is 1.51. The molecule has 0 unspecified atom stereocenters. The summed E-state index contributed by atoms with van der Waals surface area (Å²) in [5.74, 6) is 0.650. The van der Waals surface area contributed by atoms with Crippen LogP contribution in [0, 0.1) is 5.92 Å². The highest BCUT2D eigenvalue weighted by molar-refractivity contribution is 5.91. The zero-order valence-electron chi connectivity index (χ0n) is 15.2. The molecule has 1 heterocycles. The number of carbonyl (C=O) groups is 1. The van der Waals surface area contributed by atoms with Gasteiger partial charge in [0.1, 0.15) is 5.75 Å². The van der Waals surface area contributed by atoms with Gasteiger partial charge in [-0.15, -0.1) is 0 Å². The lowest BCUT2D eigenvalue weighted by atomic mass is 10.0. The highest BCUT2D eigenvalue weighted by atomic mass is 16.7. The number of carbonyl (C=O) groups excluding carboxylic acids is 1. The summed E-state index contributed by atoms with van der Waals surface area (Å²) >= 11 is 0. The molecule has 0 saturated carbocycles. The standard InChI is InChI=1S/C22H26O4/c1-2-3-5-8-17-15-24-22(25-16-17)19-13-11-18(12-14-19)21(23)26-20-9-6-4-7-10-20/h4,6-7,9-14,17,22H,2-3,5,8,15-16H2,1H3. The molecule has 3 rings (SSSR count). The fourth-order valence-electron chi connectivity index (χ4n) is 3.02. The van der Waals surface area contributed by atoms with E-state index in [1.807, 2.05) is 30.3 Å². The number of esters is 1. The zero-order valence-corrected chi connectivity index (χ0v) is 15.2. The Bertz CT molecular complexity index is 673. The Morgan fingerprint density at radius 2 is 1.69 bits per heavy atom. The van der Waals surface area contributed by atoms with E-state index in [1.54, 1.807) is 24.3 Å². The van der Waals surface area contributed by atoms with Gasteiger partial charge < -0.3 is 14.2 Å². The lowest BCUT2D eigenvalue weighted by Crippen LogP contribution is -2.27. The second-order valence-electron chi connectivity index (χ2n) is 6.68. The summed E-state index contributed by atoms with van der Waals surface area (Å²) in [7, 11) is 0. The first-order valence-corrected chi connectivity index (χ1v) is 9.36. The predicted molar refractivity (Wildman–Crippen MR) is 100 cm³/mol. The molecule has 1 saturated heterocycles. The van der Waals surface area contributed by atoms with Gasteiger partial charge >= 0.3 is 5.97 Å². The number of benzene rings is 2. The van der Waals surface area contributed by atoms with Gasteiger partial charge in [-0.1, -0.05) is 56.5 Å². The third-order valence-corrected chi connectivity index (χ3v) is 4.55. The lowest BCUT2D eigenvalue weighted by Gasteiger charge is -2.29. The van der Waals surface area contributed by atoms with Crippen molar-refractivity contribution in [3.63, 3.8) is 0 Å². The minimum Gasteiger partial charge on any atom is -0.423 e. The van der Waals surface area contributed by atoms with Gasteiger partial charge in [-0.3, -0.25) is 0 Å². The average Bonchev–Trinajstić information content (AvgIpc) is 2.70. The van der Waals surface area contributed by atoms with E-state index in [0.717, 1.165) is 25.2 Å². The molecule has 0 N–H and O–H groups in total. The molecule has 0 atom stereocenters. The second kappa shape index (κ2) is 9.51. The van der Waals surface area contributed by atoms with Crippen LogP contribution < -0.4 is 4.74 Å². The van der Waals surface area contributed by atoms with Gasteiger partial charge in [-0.05, 0) is 30.7 Å². The summed E-state index contributed by atoms with van der Waals surface area (Å²) in [6.07, 6.45) is 4.54. The molecule has 0 bridgehead atoms. The first-order valence-electron chi connectivity index (χ1n) is 9.36. The molecule has 0 amide bonds. The van der Waals surface area contributed by atoms with Crippen molar-refractivity contribution in [2.45, 2.75) is 38.9 Å². The summed E-state index contributed by atoms with van der Waals surface area (Å²) in [4.78, 5) is 12.2. The van der Waals surface area contributed by atoms with Gasteiger partial charge in [0.05, 0.1) is 18.8 Å². The van der Waals surface area contributed by atoms with Crippen molar-refractivity contribution in [1.29, 1.82) is 0 Å². The fourth-order valence-corrected chi connectivity index (χ4v) is 3.02. The molecule has 0 aliphatic carbocycles. The molecule has 26 heavy (non-hydrogen) atoms. The maximum atomic E-state index is 12.2. The molecule has 2 aromatic carbocycles. The Hall–Kier alpha value is -2.17. The predicted octanol–water partition coefficient (Wildman–Crippen LogP) is 5.15. The normalized spacial score (nSPS) is 19.9. The number of unbranched alkanes of at least 4 members (excludes halogenated alkanes) is 2. The van der Waals surface area contributed by atoms with Crippen LogP contribution in [-0.2, 0) is 9.47 Å². The van der Waals surface area contributed by atoms with E-state index in [-0.39, 0.29) is 12.3 Å². The summed E-state index contributed by atoms with van der Waals surface area (Å²) in [6.45, 7) is 3.67. The molecule has 2 aromatic rings. The van der Waals surface area contributed by atoms with E-state index in [4.69, 9.17) is 14.2 Å². The summed E-state index contributed by atoms with van der Waals surface area (Å²) in [5.41, 5.74) is 1.43. The number of hydrogen-bond acceptors (Lipinski definition) is 4. The Morgan fingerprint density at radius 3 is 2.35 bits per heavy atom. The van der Waals surface area contributed by atoms with Crippen LogP contribution in [0.4, 0.5) is 0 Å². The molecular formula is C22H26O4. The van der Waals surface area contributed by atoms with Gasteiger partial charge in [0.25, 0.3) is 0 Å². The first kappa shape index (κ1) is 18.6. The van der Waals surface area contributed by atoms with E-state index >= 15 is 0 Å². The molecule has 1 fully saturated rings. The van der Waals surface area contributed by atoms with Gasteiger partial charge in [0, 0.05) is 11.5 Å². The maximum Gasteiger partial charge on any atom is 0.343 e. The monoisotopic (exact) mass is 354 g/mol. The minimum absolute atomic E-state index is 0.350. The van der Waals surface area contributed by atoms with Crippen LogP contribution in [0.5, 0.6) is 5.75 Å². The number of rotatable bonds is 7. The topological polar surface area (TPSA) is 44.8 Å². The van der Waals surface area contributed by atoms with Gasteiger partial charge in [0.15, 0.2) is 6.29 Å². The third kappa shape index (κ3) is 5.16. The van der Waals surface area contributed by atoms with Crippen molar-refractivity contribution in [3.05, 3.63) is 65.7 Å². The lowest BCUT2D eigenvalue weighted by molar-refractivity contribution is -0.206. The van der Waals surface area contributed by atoms with Crippen molar-refractivity contribution in [2.24, 2.45) is 5.92 Å². The number of para-hydroxylation sites is 1. The summed E-state index contributed by atoms with van der Waals surface area (Å²) < 4.78 is 17.1. The smallest absolute Gasteiger partial charge is 0.343 e. The minimum atomic E-state index is -0.371. The highest BCUT2D eigenvalue weighted by Gasteiger charge is 2.23. The van der Waals surface area contributed by atoms with E-state index in [1.165, 1.54) is 19.3 Å². The van der Waals surface area contributed by atoms with Gasteiger partial charge in [-0.2, -0.15) is 0 Å². The zero-order chi connectivity index (χ0) is 18.2. The largest absolute Gasteiger partial charge is 0.423 e. The van der Waals surface area contributed by atoms with Gasteiger partial charge in [-0.25, -0.2) is 4.79 Å². The molecule has 0 spiro atoms. The second-order valence-corrected chi connectivity index (χ2v) is 6.68.